The highest BCUT2D eigenvalue weighted by Gasteiger charge is 2.40. The van der Waals surface area contributed by atoms with Gasteiger partial charge in [0.05, 0.1) is 0 Å². The third-order valence-corrected chi connectivity index (χ3v) is 4.41. The molecule has 1 heteroatoms. The molecule has 2 aliphatic rings. The quantitative estimate of drug-likeness (QED) is 0.555. The van der Waals surface area contributed by atoms with Crippen LogP contribution in [0.4, 0.5) is 0 Å². The minimum Gasteiger partial charge on any atom is -0.306 e. The molecule has 2 fully saturated rings. The molecule has 2 atom stereocenters. The lowest BCUT2D eigenvalue weighted by molar-refractivity contribution is 0.0209. The van der Waals surface area contributed by atoms with Crippen LogP contribution in [0.2, 0.25) is 0 Å². The van der Waals surface area contributed by atoms with E-state index >= 15 is 0 Å². The predicted octanol–water partition coefficient (Wildman–Crippen LogP) is 2.91. The fourth-order valence-electron chi connectivity index (χ4n) is 3.48. The molecule has 1 aliphatic heterocycles. The first-order valence-corrected chi connectivity index (χ1v) is 5.91. The van der Waals surface area contributed by atoms with Gasteiger partial charge < -0.3 is 4.90 Å². The Bertz CT molecular complexity index is 174. The summed E-state index contributed by atoms with van der Waals surface area (Å²) in [5.74, 6) is 0.976. The minimum atomic E-state index is 0.714. The van der Waals surface area contributed by atoms with Crippen LogP contribution in [-0.4, -0.2) is 25.0 Å². The van der Waals surface area contributed by atoms with Crippen LogP contribution in [0.5, 0.6) is 0 Å². The Morgan fingerprint density at radius 2 is 1.92 bits per heavy atom. The minimum absolute atomic E-state index is 0.714. The lowest BCUT2D eigenvalue weighted by atomic mass is 9.63. The summed E-state index contributed by atoms with van der Waals surface area (Å²) in [6.07, 6.45) is 8.87. The van der Waals surface area contributed by atoms with Crippen LogP contribution in [-0.2, 0) is 0 Å². The fraction of sp³-hybridized carbons (Fsp3) is 1.00. The van der Waals surface area contributed by atoms with Gasteiger partial charge in [-0.1, -0.05) is 26.2 Å². The SMILES string of the molecule is CC1CCCCC12CCCN(C)C2. The van der Waals surface area contributed by atoms with Crippen molar-refractivity contribution in [2.24, 2.45) is 11.3 Å². The van der Waals surface area contributed by atoms with Gasteiger partial charge in [0, 0.05) is 6.54 Å². The molecule has 2 rings (SSSR count). The van der Waals surface area contributed by atoms with Gasteiger partial charge in [0.1, 0.15) is 0 Å². The number of rotatable bonds is 0. The largest absolute Gasteiger partial charge is 0.306 e. The molecule has 0 amide bonds. The van der Waals surface area contributed by atoms with Gasteiger partial charge in [0.15, 0.2) is 0 Å². The maximum absolute atomic E-state index is 2.55. The second kappa shape index (κ2) is 3.61. The van der Waals surface area contributed by atoms with Crippen LogP contribution in [0.3, 0.4) is 0 Å². The summed E-state index contributed by atoms with van der Waals surface area (Å²) in [6, 6.07) is 0. The molecule has 76 valence electrons. The molecule has 2 unspecified atom stereocenters. The molecule has 1 saturated heterocycles. The third-order valence-electron chi connectivity index (χ3n) is 4.41. The van der Waals surface area contributed by atoms with Crippen LogP contribution < -0.4 is 0 Å². The van der Waals surface area contributed by atoms with Crippen molar-refractivity contribution in [3.8, 4) is 0 Å². The van der Waals surface area contributed by atoms with Crippen molar-refractivity contribution in [1.29, 1.82) is 0 Å². The Labute approximate surface area is 82.5 Å². The van der Waals surface area contributed by atoms with Crippen LogP contribution in [0.15, 0.2) is 0 Å². The van der Waals surface area contributed by atoms with Crippen LogP contribution >= 0.6 is 0 Å². The van der Waals surface area contributed by atoms with Gasteiger partial charge in [-0.2, -0.15) is 0 Å². The maximum atomic E-state index is 2.55. The molecule has 1 saturated carbocycles. The van der Waals surface area contributed by atoms with Gasteiger partial charge in [-0.15, -0.1) is 0 Å². The molecule has 0 N–H and O–H groups in total. The summed E-state index contributed by atoms with van der Waals surface area (Å²) >= 11 is 0. The summed E-state index contributed by atoms with van der Waals surface area (Å²) in [6.45, 7) is 5.18. The average Bonchev–Trinajstić information content (AvgIpc) is 2.11. The maximum Gasteiger partial charge on any atom is 0.00375 e. The topological polar surface area (TPSA) is 3.24 Å². The molecule has 0 aromatic carbocycles. The van der Waals surface area contributed by atoms with Crippen molar-refractivity contribution in [1.82, 2.24) is 4.90 Å². The highest BCUT2D eigenvalue weighted by atomic mass is 15.1. The normalized spacial score (nSPS) is 42.5. The smallest absolute Gasteiger partial charge is 0.00375 e. The first-order chi connectivity index (χ1) is 6.23. The van der Waals surface area contributed by atoms with Crippen LogP contribution in [0, 0.1) is 11.3 Å². The first kappa shape index (κ1) is 9.51. The molecule has 1 nitrogen and oxygen atoms in total. The number of likely N-dealkylation sites (tertiary alicyclic amines) is 1. The van der Waals surface area contributed by atoms with E-state index < -0.39 is 0 Å². The predicted molar refractivity (Wildman–Crippen MR) is 56.8 cm³/mol. The zero-order valence-electron chi connectivity index (χ0n) is 9.18. The van der Waals surface area contributed by atoms with E-state index in [-0.39, 0.29) is 0 Å². The third kappa shape index (κ3) is 1.76. The van der Waals surface area contributed by atoms with E-state index in [1.165, 1.54) is 51.6 Å². The molecular formula is C12H23N. The monoisotopic (exact) mass is 181 g/mol. The van der Waals surface area contributed by atoms with E-state index in [0.29, 0.717) is 5.41 Å². The van der Waals surface area contributed by atoms with Gasteiger partial charge in [0.2, 0.25) is 0 Å². The Kier molecular flexibility index (Phi) is 2.64. The van der Waals surface area contributed by atoms with Gasteiger partial charge in [-0.3, -0.25) is 0 Å². The molecule has 1 aliphatic carbocycles. The number of nitrogens with zero attached hydrogens (tertiary/aromatic N) is 1. The van der Waals surface area contributed by atoms with E-state index in [9.17, 15) is 0 Å². The highest BCUT2D eigenvalue weighted by molar-refractivity contribution is 4.92. The number of hydrogen-bond donors (Lipinski definition) is 0. The average molecular weight is 181 g/mol. The van der Waals surface area contributed by atoms with Crippen molar-refractivity contribution in [2.75, 3.05) is 20.1 Å². The van der Waals surface area contributed by atoms with Crippen molar-refractivity contribution >= 4 is 0 Å². The molecule has 0 aromatic heterocycles. The molecular weight excluding hydrogens is 158 g/mol. The molecule has 1 spiro atoms. The zero-order chi connectivity index (χ0) is 9.31. The Morgan fingerprint density at radius 3 is 2.62 bits per heavy atom. The lowest BCUT2D eigenvalue weighted by Crippen LogP contribution is -2.46. The standard InChI is InChI=1S/C12H23N/c1-11-6-3-4-7-12(11)8-5-9-13(2)10-12/h11H,3-10H2,1-2H3. The van der Waals surface area contributed by atoms with Gasteiger partial charge in [-0.05, 0) is 44.2 Å². The van der Waals surface area contributed by atoms with E-state index in [4.69, 9.17) is 0 Å². The zero-order valence-corrected chi connectivity index (χ0v) is 9.18. The van der Waals surface area contributed by atoms with Gasteiger partial charge in [-0.25, -0.2) is 0 Å². The first-order valence-electron chi connectivity index (χ1n) is 5.91. The fourth-order valence-corrected chi connectivity index (χ4v) is 3.48. The van der Waals surface area contributed by atoms with Crippen LogP contribution in [0.25, 0.3) is 0 Å². The van der Waals surface area contributed by atoms with Crippen LogP contribution in [0.1, 0.15) is 45.4 Å². The summed E-state index contributed by atoms with van der Waals surface area (Å²) in [5.41, 5.74) is 0.714. The summed E-state index contributed by atoms with van der Waals surface area (Å²) in [4.78, 5) is 2.55. The highest BCUT2D eigenvalue weighted by Crippen LogP contribution is 2.46. The van der Waals surface area contributed by atoms with Crippen molar-refractivity contribution in [3.05, 3.63) is 0 Å². The molecule has 13 heavy (non-hydrogen) atoms. The van der Waals surface area contributed by atoms with E-state index in [0.717, 1.165) is 5.92 Å². The number of hydrogen-bond acceptors (Lipinski definition) is 1. The van der Waals surface area contributed by atoms with Crippen molar-refractivity contribution in [3.63, 3.8) is 0 Å². The Balaban J connectivity index is 2.07. The Hall–Kier alpha value is -0.0400. The summed E-state index contributed by atoms with van der Waals surface area (Å²) < 4.78 is 0. The van der Waals surface area contributed by atoms with E-state index in [1.54, 1.807) is 0 Å². The lowest BCUT2D eigenvalue weighted by Gasteiger charge is -2.48. The van der Waals surface area contributed by atoms with Gasteiger partial charge in [0.25, 0.3) is 0 Å². The second-order valence-corrected chi connectivity index (χ2v) is 5.35. The molecule has 1 heterocycles. The molecule has 0 bridgehead atoms. The Morgan fingerprint density at radius 1 is 1.15 bits per heavy atom. The molecule has 0 aromatic rings. The van der Waals surface area contributed by atoms with E-state index in [2.05, 4.69) is 18.9 Å². The summed E-state index contributed by atoms with van der Waals surface area (Å²) in [7, 11) is 2.29. The van der Waals surface area contributed by atoms with E-state index in [1.807, 2.05) is 0 Å². The summed E-state index contributed by atoms with van der Waals surface area (Å²) in [5, 5.41) is 0. The molecule has 0 radical (unpaired) electrons. The second-order valence-electron chi connectivity index (χ2n) is 5.35. The van der Waals surface area contributed by atoms with Gasteiger partial charge >= 0.3 is 0 Å². The number of piperidine rings is 1. The van der Waals surface area contributed by atoms with Crippen molar-refractivity contribution in [2.45, 2.75) is 45.4 Å². The van der Waals surface area contributed by atoms with Crippen molar-refractivity contribution < 1.29 is 0 Å².